The first kappa shape index (κ1) is 22.5. The van der Waals surface area contributed by atoms with E-state index >= 15 is 0 Å². The van der Waals surface area contributed by atoms with Crippen molar-refractivity contribution in [1.29, 1.82) is 0 Å². The fourth-order valence-corrected chi connectivity index (χ4v) is 5.02. The van der Waals surface area contributed by atoms with Crippen molar-refractivity contribution in [2.24, 2.45) is 0 Å². The van der Waals surface area contributed by atoms with Gasteiger partial charge in [0, 0.05) is 18.8 Å². The Morgan fingerprint density at radius 1 is 0.516 bits per heavy atom. The summed E-state index contributed by atoms with van der Waals surface area (Å²) in [5.74, 6) is 0. The zero-order chi connectivity index (χ0) is 21.8. The highest BCUT2D eigenvalue weighted by Crippen LogP contribution is 2.44. The third-order valence-electron chi connectivity index (χ3n) is 5.92. The molecular weight excluding hydrogens is 576 g/mol. The second-order valence-corrected chi connectivity index (χ2v) is 10.7. The average Bonchev–Trinajstić information content (AvgIpc) is 2.78. The van der Waals surface area contributed by atoms with Gasteiger partial charge in [0.2, 0.25) is 0 Å². The van der Waals surface area contributed by atoms with Crippen LogP contribution in [0, 0.1) is 6.92 Å². The molecule has 0 saturated heterocycles. The third kappa shape index (κ3) is 5.05. The minimum atomic E-state index is -0.248. The summed E-state index contributed by atoms with van der Waals surface area (Å²) in [5, 5.41) is 0. The first-order chi connectivity index (χ1) is 15.0. The van der Waals surface area contributed by atoms with Crippen LogP contribution in [0.25, 0.3) is 0 Å². The molecule has 4 rings (SSSR count). The van der Waals surface area contributed by atoms with Crippen molar-refractivity contribution in [2.75, 3.05) is 0 Å². The lowest BCUT2D eigenvalue weighted by Gasteiger charge is -2.36. The summed E-state index contributed by atoms with van der Waals surface area (Å²) in [6.45, 7) is 2.15. The Kier molecular flexibility index (Phi) is 7.15. The van der Waals surface area contributed by atoms with Gasteiger partial charge in [0.05, 0.1) is 0 Å². The van der Waals surface area contributed by atoms with Crippen LogP contribution >= 0.6 is 47.8 Å². The third-order valence-corrected chi connectivity index (χ3v) is 7.51. The smallest absolute Gasteiger partial charge is 0.0454 e. The lowest BCUT2D eigenvalue weighted by atomic mass is 9.66. The molecule has 31 heavy (non-hydrogen) atoms. The first-order valence-electron chi connectivity index (χ1n) is 10.3. The Bertz CT molecular complexity index is 1020. The van der Waals surface area contributed by atoms with Gasteiger partial charge >= 0.3 is 0 Å². The molecule has 3 heteroatoms. The van der Waals surface area contributed by atoms with Crippen molar-refractivity contribution < 1.29 is 0 Å². The monoisotopic (exact) mass is 596 g/mol. The zero-order valence-electron chi connectivity index (χ0n) is 17.3. The van der Waals surface area contributed by atoms with Crippen LogP contribution in [0.4, 0.5) is 0 Å². The quantitative estimate of drug-likeness (QED) is 0.194. The van der Waals surface area contributed by atoms with Crippen molar-refractivity contribution in [3.63, 3.8) is 0 Å². The molecule has 4 aromatic rings. The van der Waals surface area contributed by atoms with E-state index in [1.807, 2.05) is 0 Å². The fourth-order valence-electron chi connectivity index (χ4n) is 4.22. The highest BCUT2D eigenvalue weighted by Gasteiger charge is 2.36. The Morgan fingerprint density at radius 3 is 1.29 bits per heavy atom. The summed E-state index contributed by atoms with van der Waals surface area (Å²) >= 11 is 10.8. The molecule has 0 N–H and O–H groups in total. The molecule has 4 aromatic carbocycles. The Morgan fingerprint density at radius 2 is 0.871 bits per heavy atom. The molecular formula is C28H23Br3. The van der Waals surface area contributed by atoms with Crippen molar-refractivity contribution in [1.82, 2.24) is 0 Å². The van der Waals surface area contributed by atoms with E-state index < -0.39 is 0 Å². The van der Waals surface area contributed by atoms with Crippen molar-refractivity contribution in [3.8, 4) is 0 Å². The van der Waals surface area contributed by atoms with Crippen LogP contribution in [0.15, 0.2) is 110 Å². The van der Waals surface area contributed by atoms with E-state index in [-0.39, 0.29) is 5.41 Å². The summed E-state index contributed by atoms with van der Waals surface area (Å²) in [6.07, 6.45) is 1.95. The summed E-state index contributed by atoms with van der Waals surface area (Å²) in [6, 6.07) is 35.3. The van der Waals surface area contributed by atoms with Gasteiger partial charge in [-0.1, -0.05) is 114 Å². The molecule has 0 atom stereocenters. The van der Waals surface area contributed by atoms with E-state index in [2.05, 4.69) is 152 Å². The first-order valence-corrected chi connectivity index (χ1v) is 12.7. The molecule has 0 radical (unpaired) electrons. The van der Waals surface area contributed by atoms with E-state index in [1.54, 1.807) is 0 Å². The fraction of sp³-hybridized carbons (Fsp3) is 0.143. The molecule has 0 fully saturated rings. The molecule has 0 spiro atoms. The molecule has 0 unspecified atom stereocenters. The van der Waals surface area contributed by atoms with Gasteiger partial charge in [-0.05, 0) is 78.4 Å². The Balaban J connectivity index is 1.90. The molecule has 0 aliphatic carbocycles. The Labute approximate surface area is 210 Å². The number of rotatable bonds is 6. The van der Waals surface area contributed by atoms with Crippen molar-refractivity contribution >= 4 is 47.8 Å². The minimum Gasteiger partial charge on any atom is -0.0590 e. The van der Waals surface area contributed by atoms with Crippen LogP contribution in [0.1, 0.15) is 34.2 Å². The maximum atomic E-state index is 3.62. The van der Waals surface area contributed by atoms with E-state index in [4.69, 9.17) is 0 Å². The number of hydrogen-bond donors (Lipinski definition) is 0. The van der Waals surface area contributed by atoms with Crippen LogP contribution in [-0.2, 0) is 11.8 Å². The molecule has 0 nitrogen and oxygen atoms in total. The molecule has 0 aliphatic rings. The normalized spacial score (nSPS) is 11.5. The summed E-state index contributed by atoms with van der Waals surface area (Å²) in [5.41, 5.74) is 6.30. The zero-order valence-corrected chi connectivity index (χ0v) is 22.0. The van der Waals surface area contributed by atoms with Gasteiger partial charge in [-0.2, -0.15) is 0 Å². The van der Waals surface area contributed by atoms with Crippen LogP contribution in [-0.4, -0.2) is 0 Å². The van der Waals surface area contributed by atoms with Gasteiger partial charge in [-0.15, -0.1) is 0 Å². The molecule has 0 aliphatic heterocycles. The maximum Gasteiger partial charge on any atom is 0.0454 e. The Hall–Kier alpha value is -1.68. The highest BCUT2D eigenvalue weighted by molar-refractivity contribution is 9.11. The van der Waals surface area contributed by atoms with Gasteiger partial charge in [0.25, 0.3) is 0 Å². The summed E-state index contributed by atoms with van der Waals surface area (Å²) in [7, 11) is 0. The topological polar surface area (TPSA) is 0 Å². The van der Waals surface area contributed by atoms with E-state index in [0.29, 0.717) is 0 Å². The molecule has 0 heterocycles. The van der Waals surface area contributed by atoms with Crippen LogP contribution in [0.3, 0.4) is 0 Å². The molecule has 0 aromatic heterocycles. The highest BCUT2D eigenvalue weighted by atomic mass is 79.9. The lowest BCUT2D eigenvalue weighted by molar-refractivity contribution is 0.559. The molecule has 156 valence electrons. The van der Waals surface area contributed by atoms with Gasteiger partial charge in [-0.3, -0.25) is 0 Å². The van der Waals surface area contributed by atoms with Crippen LogP contribution in [0.2, 0.25) is 0 Å². The predicted octanol–water partition coefficient (Wildman–Crippen LogP) is 9.25. The van der Waals surface area contributed by atoms with Crippen molar-refractivity contribution in [3.05, 3.63) is 138 Å². The lowest BCUT2D eigenvalue weighted by Crippen LogP contribution is -2.30. The van der Waals surface area contributed by atoms with Crippen LogP contribution in [0.5, 0.6) is 0 Å². The number of hydrogen-bond acceptors (Lipinski definition) is 0. The standard InChI is InChI=1S/C28H23Br3/c1-20-2-6-22(7-3-20)28(23-8-14-26(30)15-9-23,24-10-16-27(31)17-11-24)19-18-21-4-12-25(29)13-5-21/h2-17H,18-19H2,1H3. The van der Waals surface area contributed by atoms with Gasteiger partial charge in [0.15, 0.2) is 0 Å². The summed E-state index contributed by atoms with van der Waals surface area (Å²) in [4.78, 5) is 0. The van der Waals surface area contributed by atoms with Gasteiger partial charge in [0.1, 0.15) is 0 Å². The van der Waals surface area contributed by atoms with Gasteiger partial charge in [-0.25, -0.2) is 0 Å². The molecule has 0 amide bonds. The average molecular weight is 599 g/mol. The molecule has 0 bridgehead atoms. The molecule has 0 saturated carbocycles. The number of benzene rings is 4. The second kappa shape index (κ2) is 9.85. The predicted molar refractivity (Wildman–Crippen MR) is 142 cm³/mol. The second-order valence-electron chi connectivity index (χ2n) is 7.91. The number of aryl methyl sites for hydroxylation is 2. The maximum absolute atomic E-state index is 3.62. The van der Waals surface area contributed by atoms with E-state index in [9.17, 15) is 0 Å². The van der Waals surface area contributed by atoms with E-state index in [1.165, 1.54) is 27.8 Å². The van der Waals surface area contributed by atoms with Gasteiger partial charge < -0.3 is 0 Å². The summed E-state index contributed by atoms with van der Waals surface area (Å²) < 4.78 is 3.30. The SMILES string of the molecule is Cc1ccc(C(CCc2ccc(Br)cc2)(c2ccc(Br)cc2)c2ccc(Br)cc2)cc1. The minimum absolute atomic E-state index is 0.248. The number of halogens is 3. The van der Waals surface area contributed by atoms with Crippen LogP contribution < -0.4 is 0 Å². The van der Waals surface area contributed by atoms with E-state index in [0.717, 1.165) is 26.3 Å². The largest absolute Gasteiger partial charge is 0.0590 e. The van der Waals surface area contributed by atoms with Crippen molar-refractivity contribution in [2.45, 2.75) is 25.2 Å².